The van der Waals surface area contributed by atoms with Gasteiger partial charge in [-0.3, -0.25) is 9.59 Å². The molecule has 0 heterocycles. The van der Waals surface area contributed by atoms with Gasteiger partial charge in [-0.1, -0.05) is 48.5 Å². The molecule has 2 atom stereocenters. The molecule has 0 aromatic heterocycles. The van der Waals surface area contributed by atoms with Crippen LogP contribution in [0.3, 0.4) is 0 Å². The van der Waals surface area contributed by atoms with Gasteiger partial charge in [0.1, 0.15) is 5.75 Å². The first-order chi connectivity index (χ1) is 10.6. The number of para-hydroxylation sites is 1. The van der Waals surface area contributed by atoms with Crippen LogP contribution < -0.4 is 4.74 Å². The molecule has 2 aromatic carbocycles. The standard InChI is InChI=1S/C18H15NO3.ClH/c1-13(22-15-10-6-3-7-11-15)17(20)16(12-19)18(21)14-8-4-2-5-9-14;/h2-11,13,16H,1H3;1H. The van der Waals surface area contributed by atoms with Gasteiger partial charge in [0, 0.05) is 5.56 Å². The van der Waals surface area contributed by atoms with Crippen molar-refractivity contribution in [1.82, 2.24) is 0 Å². The molecule has 118 valence electrons. The highest BCUT2D eigenvalue weighted by Gasteiger charge is 2.32. The van der Waals surface area contributed by atoms with Gasteiger partial charge in [-0.25, -0.2) is 0 Å². The van der Waals surface area contributed by atoms with E-state index in [0.29, 0.717) is 11.3 Å². The molecule has 0 aliphatic heterocycles. The first-order valence-corrected chi connectivity index (χ1v) is 6.88. The molecule has 0 amide bonds. The summed E-state index contributed by atoms with van der Waals surface area (Å²) < 4.78 is 5.49. The Kier molecular flexibility index (Phi) is 6.98. The minimum Gasteiger partial charge on any atom is -0.483 e. The SMILES string of the molecule is CC(Oc1ccccc1)C(=O)C(C#N)C(=O)c1ccccc1.Cl. The lowest BCUT2D eigenvalue weighted by atomic mass is 9.92. The van der Waals surface area contributed by atoms with E-state index in [1.165, 1.54) is 6.92 Å². The van der Waals surface area contributed by atoms with Gasteiger partial charge in [0.25, 0.3) is 0 Å². The Morgan fingerprint density at radius 2 is 1.52 bits per heavy atom. The third-order valence-corrected chi connectivity index (χ3v) is 3.19. The first-order valence-electron chi connectivity index (χ1n) is 6.88. The number of Topliss-reactive ketones (excluding diaryl/α,β-unsaturated/α-hetero) is 2. The second-order valence-electron chi connectivity index (χ2n) is 4.77. The Balaban J connectivity index is 0.00000264. The fourth-order valence-corrected chi connectivity index (χ4v) is 2.02. The van der Waals surface area contributed by atoms with Gasteiger partial charge in [-0.05, 0) is 19.1 Å². The highest BCUT2D eigenvalue weighted by molar-refractivity contribution is 6.13. The molecule has 4 nitrogen and oxygen atoms in total. The van der Waals surface area contributed by atoms with Crippen LogP contribution in [0.25, 0.3) is 0 Å². The van der Waals surface area contributed by atoms with E-state index < -0.39 is 23.6 Å². The van der Waals surface area contributed by atoms with Crippen LogP contribution in [-0.4, -0.2) is 17.7 Å². The summed E-state index contributed by atoms with van der Waals surface area (Å²) >= 11 is 0. The van der Waals surface area contributed by atoms with Crippen molar-refractivity contribution in [2.24, 2.45) is 5.92 Å². The summed E-state index contributed by atoms with van der Waals surface area (Å²) in [4.78, 5) is 24.6. The van der Waals surface area contributed by atoms with Gasteiger partial charge < -0.3 is 4.74 Å². The average Bonchev–Trinajstić information content (AvgIpc) is 2.57. The number of carbonyl (C=O) groups excluding carboxylic acids is 2. The number of nitrogens with zero attached hydrogens (tertiary/aromatic N) is 1. The molecule has 0 bridgehead atoms. The summed E-state index contributed by atoms with van der Waals surface area (Å²) in [6, 6.07) is 18.9. The molecule has 2 rings (SSSR count). The number of nitriles is 1. The number of halogens is 1. The summed E-state index contributed by atoms with van der Waals surface area (Å²) in [5, 5.41) is 9.20. The summed E-state index contributed by atoms with van der Waals surface area (Å²) in [6.07, 6.45) is -0.875. The number of benzene rings is 2. The summed E-state index contributed by atoms with van der Waals surface area (Å²) in [5.41, 5.74) is 0.342. The minimum absolute atomic E-state index is 0. The molecule has 0 N–H and O–H groups in total. The molecule has 0 fully saturated rings. The van der Waals surface area contributed by atoms with E-state index in [4.69, 9.17) is 4.74 Å². The zero-order valence-corrected chi connectivity index (χ0v) is 13.3. The van der Waals surface area contributed by atoms with Crippen molar-refractivity contribution in [3.63, 3.8) is 0 Å². The van der Waals surface area contributed by atoms with Crippen LogP contribution in [0.2, 0.25) is 0 Å². The van der Waals surface area contributed by atoms with E-state index in [1.807, 2.05) is 6.07 Å². The maximum atomic E-state index is 12.3. The average molecular weight is 330 g/mol. The van der Waals surface area contributed by atoms with Crippen LogP contribution in [0.1, 0.15) is 17.3 Å². The fraction of sp³-hybridized carbons (Fsp3) is 0.167. The summed E-state index contributed by atoms with van der Waals surface area (Å²) in [5.74, 6) is -1.88. The van der Waals surface area contributed by atoms with Crippen LogP contribution in [-0.2, 0) is 4.79 Å². The summed E-state index contributed by atoms with van der Waals surface area (Å²) in [7, 11) is 0. The van der Waals surface area contributed by atoms with Crippen molar-refractivity contribution < 1.29 is 14.3 Å². The fourth-order valence-electron chi connectivity index (χ4n) is 2.02. The predicted molar refractivity (Wildman–Crippen MR) is 88.7 cm³/mol. The van der Waals surface area contributed by atoms with Crippen molar-refractivity contribution >= 4 is 24.0 Å². The molecule has 5 heteroatoms. The van der Waals surface area contributed by atoms with Crippen LogP contribution in [0.4, 0.5) is 0 Å². The maximum Gasteiger partial charge on any atom is 0.197 e. The zero-order valence-electron chi connectivity index (χ0n) is 12.5. The number of ketones is 2. The van der Waals surface area contributed by atoms with Crippen molar-refractivity contribution in [2.45, 2.75) is 13.0 Å². The van der Waals surface area contributed by atoms with E-state index >= 15 is 0 Å². The van der Waals surface area contributed by atoms with Crippen LogP contribution in [0.15, 0.2) is 60.7 Å². The first kappa shape index (κ1) is 18.4. The zero-order chi connectivity index (χ0) is 15.9. The molecule has 0 radical (unpaired) electrons. The molecule has 2 aromatic rings. The lowest BCUT2D eigenvalue weighted by Crippen LogP contribution is -2.34. The van der Waals surface area contributed by atoms with Gasteiger partial charge >= 0.3 is 0 Å². The third kappa shape index (κ3) is 4.67. The quantitative estimate of drug-likeness (QED) is 0.601. The molecular weight excluding hydrogens is 314 g/mol. The van der Waals surface area contributed by atoms with Crippen molar-refractivity contribution in [3.05, 3.63) is 66.2 Å². The van der Waals surface area contributed by atoms with Gasteiger partial charge in [-0.2, -0.15) is 5.26 Å². The van der Waals surface area contributed by atoms with Gasteiger partial charge in [0.2, 0.25) is 0 Å². The highest BCUT2D eigenvalue weighted by Crippen LogP contribution is 2.16. The smallest absolute Gasteiger partial charge is 0.197 e. The lowest BCUT2D eigenvalue weighted by Gasteiger charge is -2.16. The molecule has 0 saturated carbocycles. The molecule has 0 spiro atoms. The number of carbonyl (C=O) groups is 2. The van der Waals surface area contributed by atoms with Crippen molar-refractivity contribution in [3.8, 4) is 11.8 Å². The number of rotatable bonds is 6. The van der Waals surface area contributed by atoms with Crippen molar-refractivity contribution in [2.75, 3.05) is 0 Å². The largest absolute Gasteiger partial charge is 0.483 e. The normalized spacial score (nSPS) is 12.2. The van der Waals surface area contributed by atoms with Gasteiger partial charge in [0.05, 0.1) is 6.07 Å². The third-order valence-electron chi connectivity index (χ3n) is 3.19. The second-order valence-corrected chi connectivity index (χ2v) is 4.77. The number of ether oxygens (including phenoxy) is 1. The van der Waals surface area contributed by atoms with E-state index in [2.05, 4.69) is 0 Å². The topological polar surface area (TPSA) is 67.2 Å². The molecular formula is C18H16ClNO3. The Labute approximate surface area is 141 Å². The predicted octanol–water partition coefficient (Wildman–Crippen LogP) is 3.47. The minimum atomic E-state index is -1.36. The van der Waals surface area contributed by atoms with Crippen LogP contribution in [0.5, 0.6) is 5.75 Å². The van der Waals surface area contributed by atoms with E-state index in [1.54, 1.807) is 60.7 Å². The molecule has 0 saturated heterocycles. The number of hydrogen-bond donors (Lipinski definition) is 0. The Bertz CT molecular complexity index is 695. The second kappa shape index (κ2) is 8.72. The van der Waals surface area contributed by atoms with Crippen molar-refractivity contribution in [1.29, 1.82) is 5.26 Å². The molecule has 0 aliphatic carbocycles. The van der Waals surface area contributed by atoms with Crippen LogP contribution in [0, 0.1) is 17.2 Å². The van der Waals surface area contributed by atoms with E-state index in [9.17, 15) is 14.9 Å². The van der Waals surface area contributed by atoms with E-state index in [0.717, 1.165) is 0 Å². The summed E-state index contributed by atoms with van der Waals surface area (Å²) in [6.45, 7) is 1.54. The Morgan fingerprint density at radius 1 is 1.00 bits per heavy atom. The maximum absolute atomic E-state index is 12.3. The monoisotopic (exact) mass is 329 g/mol. The highest BCUT2D eigenvalue weighted by atomic mass is 35.5. The van der Waals surface area contributed by atoms with Crippen LogP contribution >= 0.6 is 12.4 Å². The Morgan fingerprint density at radius 3 is 2.04 bits per heavy atom. The van der Waals surface area contributed by atoms with Gasteiger partial charge in [0.15, 0.2) is 23.6 Å². The number of hydrogen-bond acceptors (Lipinski definition) is 4. The van der Waals surface area contributed by atoms with Gasteiger partial charge in [-0.15, -0.1) is 12.4 Å². The Hall–Kier alpha value is -2.64. The molecule has 0 aliphatic rings. The molecule has 23 heavy (non-hydrogen) atoms. The lowest BCUT2D eigenvalue weighted by molar-refractivity contribution is -0.126. The van der Waals surface area contributed by atoms with E-state index in [-0.39, 0.29) is 12.4 Å². The molecule has 2 unspecified atom stereocenters.